The van der Waals surface area contributed by atoms with Gasteiger partial charge in [0, 0.05) is 11.3 Å². The largest absolute Gasteiger partial charge is 0.360 e. The summed E-state index contributed by atoms with van der Waals surface area (Å²) in [5.41, 5.74) is 1.85. The quantitative estimate of drug-likeness (QED) is 0.410. The average molecular weight is 466 g/mol. The number of hydrogen-bond acceptors (Lipinski definition) is 5. The highest BCUT2D eigenvalue weighted by atomic mass is 32.2. The predicted octanol–water partition coefficient (Wildman–Crippen LogP) is 5.15. The summed E-state index contributed by atoms with van der Waals surface area (Å²) in [5, 5.41) is 6.70. The number of rotatable bonds is 6. The number of benzene rings is 3. The number of aryl methyl sites for hydroxylation is 2. The van der Waals surface area contributed by atoms with Gasteiger partial charge < -0.3 is 9.84 Å². The molecule has 168 valence electrons. The number of carbonyl (C=O) groups is 1. The van der Waals surface area contributed by atoms with Crippen LogP contribution in [0.1, 0.15) is 21.7 Å². The molecule has 0 saturated heterocycles. The zero-order valence-electron chi connectivity index (χ0n) is 17.8. The summed E-state index contributed by atoms with van der Waals surface area (Å²) >= 11 is 0. The number of aromatic nitrogens is 1. The van der Waals surface area contributed by atoms with Gasteiger partial charge in [0.15, 0.2) is 0 Å². The first-order chi connectivity index (χ1) is 15.8. The van der Waals surface area contributed by atoms with Gasteiger partial charge >= 0.3 is 0 Å². The topological polar surface area (TPSA) is 101 Å². The van der Waals surface area contributed by atoms with Crippen LogP contribution in [0.2, 0.25) is 0 Å². The number of amides is 1. The molecule has 1 aromatic heterocycles. The van der Waals surface area contributed by atoms with Gasteiger partial charge in [-0.1, -0.05) is 53.7 Å². The van der Waals surface area contributed by atoms with E-state index in [1.807, 2.05) is 18.2 Å². The molecule has 4 aromatic rings. The van der Waals surface area contributed by atoms with Crippen molar-refractivity contribution in [1.82, 2.24) is 5.16 Å². The lowest BCUT2D eigenvalue weighted by Crippen LogP contribution is -2.17. The molecule has 0 unspecified atom stereocenters. The fraction of sp³-hybridized carbons (Fsp3) is 0.0833. The van der Waals surface area contributed by atoms with Crippen LogP contribution >= 0.6 is 0 Å². The van der Waals surface area contributed by atoms with E-state index in [1.54, 1.807) is 38.1 Å². The van der Waals surface area contributed by atoms with Gasteiger partial charge in [-0.25, -0.2) is 12.8 Å². The molecule has 2 N–H and O–H groups in total. The van der Waals surface area contributed by atoms with Crippen molar-refractivity contribution in [2.24, 2.45) is 0 Å². The lowest BCUT2D eigenvalue weighted by molar-refractivity contribution is 0.102. The standard InChI is InChI=1S/C24H20FN3O4S/c1-15-12-13-18(14-21(15)33(30,31)28-20-11-7-6-10-19(20)25)26-24(29)22-16(2)32-27-23(22)17-8-4-3-5-9-17/h3-14,28H,1-2H3,(H,26,29). The molecule has 7 nitrogen and oxygen atoms in total. The molecule has 0 spiro atoms. The monoisotopic (exact) mass is 465 g/mol. The minimum Gasteiger partial charge on any atom is -0.360 e. The molecule has 0 radical (unpaired) electrons. The normalized spacial score (nSPS) is 11.2. The summed E-state index contributed by atoms with van der Waals surface area (Å²) in [4.78, 5) is 13.0. The summed E-state index contributed by atoms with van der Waals surface area (Å²) in [7, 11) is -4.11. The summed E-state index contributed by atoms with van der Waals surface area (Å²) < 4.78 is 47.3. The molecule has 1 amide bonds. The molecule has 0 fully saturated rings. The zero-order chi connectivity index (χ0) is 23.6. The number of carbonyl (C=O) groups excluding carboxylic acids is 1. The van der Waals surface area contributed by atoms with Gasteiger partial charge in [-0.05, 0) is 43.7 Å². The van der Waals surface area contributed by atoms with Gasteiger partial charge in [-0.3, -0.25) is 9.52 Å². The van der Waals surface area contributed by atoms with Crippen molar-refractivity contribution in [3.8, 4) is 11.3 Å². The molecular weight excluding hydrogens is 445 g/mol. The lowest BCUT2D eigenvalue weighted by atomic mass is 10.1. The van der Waals surface area contributed by atoms with Crippen LogP contribution in [0.5, 0.6) is 0 Å². The van der Waals surface area contributed by atoms with Gasteiger partial charge in [-0.15, -0.1) is 0 Å². The van der Waals surface area contributed by atoms with Crippen molar-refractivity contribution in [2.45, 2.75) is 18.7 Å². The minimum atomic E-state index is -4.11. The molecular formula is C24H20FN3O4S. The highest BCUT2D eigenvalue weighted by Gasteiger charge is 2.23. The predicted molar refractivity (Wildman–Crippen MR) is 123 cm³/mol. The highest BCUT2D eigenvalue weighted by Crippen LogP contribution is 2.28. The van der Waals surface area contributed by atoms with Crippen LogP contribution in [-0.2, 0) is 10.0 Å². The van der Waals surface area contributed by atoms with E-state index in [0.717, 1.165) is 6.07 Å². The van der Waals surface area contributed by atoms with Crippen LogP contribution in [0.3, 0.4) is 0 Å². The highest BCUT2D eigenvalue weighted by molar-refractivity contribution is 7.92. The number of hydrogen-bond donors (Lipinski definition) is 2. The van der Waals surface area contributed by atoms with E-state index in [9.17, 15) is 17.6 Å². The van der Waals surface area contributed by atoms with Crippen LogP contribution < -0.4 is 10.0 Å². The number of sulfonamides is 1. The first-order valence-corrected chi connectivity index (χ1v) is 11.5. The van der Waals surface area contributed by atoms with Crippen LogP contribution in [-0.4, -0.2) is 19.5 Å². The van der Waals surface area contributed by atoms with Crippen LogP contribution in [0.25, 0.3) is 11.3 Å². The van der Waals surface area contributed by atoms with E-state index in [1.165, 1.54) is 24.3 Å². The van der Waals surface area contributed by atoms with Crippen LogP contribution in [0.4, 0.5) is 15.8 Å². The second-order valence-corrected chi connectivity index (χ2v) is 9.00. The third-order valence-corrected chi connectivity index (χ3v) is 6.50. The molecule has 0 aliphatic heterocycles. The lowest BCUT2D eigenvalue weighted by Gasteiger charge is -2.13. The van der Waals surface area contributed by atoms with Crippen molar-refractivity contribution in [1.29, 1.82) is 0 Å². The Morgan fingerprint density at radius 2 is 1.67 bits per heavy atom. The molecule has 0 atom stereocenters. The van der Waals surface area contributed by atoms with E-state index in [-0.39, 0.29) is 21.8 Å². The van der Waals surface area contributed by atoms with Gasteiger partial charge in [0.25, 0.3) is 15.9 Å². The van der Waals surface area contributed by atoms with Crippen molar-refractivity contribution >= 4 is 27.3 Å². The fourth-order valence-electron chi connectivity index (χ4n) is 3.34. The summed E-state index contributed by atoms with van der Waals surface area (Å²) in [6.07, 6.45) is 0. The molecule has 0 aliphatic carbocycles. The molecule has 33 heavy (non-hydrogen) atoms. The Morgan fingerprint density at radius 1 is 0.970 bits per heavy atom. The summed E-state index contributed by atoms with van der Waals surface area (Å²) in [6, 6.07) is 19.0. The third-order valence-electron chi connectivity index (χ3n) is 4.99. The van der Waals surface area contributed by atoms with Gasteiger partial charge in [0.2, 0.25) is 0 Å². The van der Waals surface area contributed by atoms with E-state index in [2.05, 4.69) is 15.2 Å². The molecule has 0 saturated carbocycles. The van der Waals surface area contributed by atoms with E-state index >= 15 is 0 Å². The van der Waals surface area contributed by atoms with Crippen molar-refractivity contribution in [3.63, 3.8) is 0 Å². The van der Waals surface area contributed by atoms with E-state index < -0.39 is 21.7 Å². The smallest absolute Gasteiger partial charge is 0.262 e. The first-order valence-electron chi connectivity index (χ1n) is 9.97. The van der Waals surface area contributed by atoms with Crippen molar-refractivity contribution < 1.29 is 22.1 Å². The third kappa shape index (κ3) is 4.63. The Morgan fingerprint density at radius 3 is 2.39 bits per heavy atom. The minimum absolute atomic E-state index is 0.0890. The Labute approximate surface area is 190 Å². The second-order valence-electron chi connectivity index (χ2n) is 7.35. The molecule has 3 aromatic carbocycles. The van der Waals surface area contributed by atoms with Crippen LogP contribution in [0, 0.1) is 19.7 Å². The van der Waals surface area contributed by atoms with Gasteiger partial charge in [0.1, 0.15) is 22.8 Å². The summed E-state index contributed by atoms with van der Waals surface area (Å²) in [6.45, 7) is 3.23. The number of para-hydroxylation sites is 1. The zero-order valence-corrected chi connectivity index (χ0v) is 18.6. The first kappa shape index (κ1) is 22.2. The molecule has 0 aliphatic rings. The Kier molecular flexibility index (Phi) is 5.97. The maximum atomic E-state index is 14.0. The molecule has 0 bridgehead atoms. The van der Waals surface area contributed by atoms with Crippen LogP contribution in [0.15, 0.2) is 82.2 Å². The number of nitrogens with one attached hydrogen (secondary N) is 2. The SMILES string of the molecule is Cc1ccc(NC(=O)c2c(-c3ccccc3)noc2C)cc1S(=O)(=O)Nc1ccccc1F. The molecule has 1 heterocycles. The number of anilines is 2. The number of nitrogens with zero attached hydrogens (tertiary/aromatic N) is 1. The maximum absolute atomic E-state index is 14.0. The second kappa shape index (κ2) is 8.87. The average Bonchev–Trinajstić information content (AvgIpc) is 3.18. The molecule has 9 heteroatoms. The Bertz CT molecular complexity index is 1430. The Balaban J connectivity index is 1.64. The van der Waals surface area contributed by atoms with Crippen molar-refractivity contribution in [3.05, 3.63) is 95.5 Å². The van der Waals surface area contributed by atoms with Gasteiger partial charge in [-0.2, -0.15) is 0 Å². The van der Waals surface area contributed by atoms with Gasteiger partial charge in [0.05, 0.1) is 10.6 Å². The van der Waals surface area contributed by atoms with E-state index in [4.69, 9.17) is 4.52 Å². The maximum Gasteiger partial charge on any atom is 0.262 e. The molecule has 4 rings (SSSR count). The Hall–Kier alpha value is -3.98. The fourth-order valence-corrected chi connectivity index (χ4v) is 4.68. The van der Waals surface area contributed by atoms with E-state index in [0.29, 0.717) is 22.6 Å². The summed E-state index contributed by atoms with van der Waals surface area (Å²) in [5.74, 6) is -0.867. The van der Waals surface area contributed by atoms with Crippen molar-refractivity contribution in [2.75, 3.05) is 10.0 Å². The number of halogens is 1.